The van der Waals surface area contributed by atoms with Gasteiger partial charge in [0.05, 0.1) is 35.3 Å². The van der Waals surface area contributed by atoms with Gasteiger partial charge in [0.25, 0.3) is 0 Å². The second-order valence-corrected chi connectivity index (χ2v) is 5.70. The third-order valence-electron chi connectivity index (χ3n) is 3.91. The van der Waals surface area contributed by atoms with E-state index in [4.69, 9.17) is 17.3 Å². The summed E-state index contributed by atoms with van der Waals surface area (Å²) in [4.78, 5) is 2.25. The van der Waals surface area contributed by atoms with Crippen molar-refractivity contribution in [1.29, 1.82) is 0 Å². The fourth-order valence-corrected chi connectivity index (χ4v) is 2.61. The first kappa shape index (κ1) is 17.4. The smallest absolute Gasteiger partial charge is 0.0986 e. The summed E-state index contributed by atoms with van der Waals surface area (Å²) < 4.78 is 0. The van der Waals surface area contributed by atoms with Crippen LogP contribution in [0.3, 0.4) is 0 Å². The molecule has 2 rings (SSSR count). The van der Waals surface area contributed by atoms with Crippen LogP contribution in [-0.4, -0.2) is 36.0 Å². The van der Waals surface area contributed by atoms with Gasteiger partial charge < -0.3 is 15.7 Å². The first-order valence-electron chi connectivity index (χ1n) is 7.66. The standard InChI is InChI=1S/C17H23ClN4O/c1-4-21(5-2)14-8-6-13(7-9-14)16(23)11-22-12(3)17(18)15(19)10-20-22/h6-10,16,23H,3-5,11,19H2,1-2H3. The minimum Gasteiger partial charge on any atom is -0.396 e. The van der Waals surface area contributed by atoms with Gasteiger partial charge in [0.15, 0.2) is 0 Å². The van der Waals surface area contributed by atoms with Crippen LogP contribution in [0.15, 0.2) is 52.4 Å². The zero-order chi connectivity index (χ0) is 17.0. The Hall–Kier alpha value is -1.98. The predicted molar refractivity (Wildman–Crippen MR) is 96.4 cm³/mol. The summed E-state index contributed by atoms with van der Waals surface area (Å²) in [5.74, 6) is 0. The van der Waals surface area contributed by atoms with E-state index in [9.17, 15) is 5.11 Å². The summed E-state index contributed by atoms with van der Waals surface area (Å²) in [6.45, 7) is 10.3. The molecule has 0 amide bonds. The Labute approximate surface area is 142 Å². The van der Waals surface area contributed by atoms with Crippen LogP contribution in [0.2, 0.25) is 0 Å². The van der Waals surface area contributed by atoms with Crippen molar-refractivity contribution < 1.29 is 5.11 Å². The van der Waals surface area contributed by atoms with E-state index < -0.39 is 6.10 Å². The van der Waals surface area contributed by atoms with Crippen molar-refractivity contribution in [3.8, 4) is 0 Å². The van der Waals surface area contributed by atoms with Gasteiger partial charge in [-0.05, 0) is 31.5 Å². The minimum absolute atomic E-state index is 0.267. The van der Waals surface area contributed by atoms with Crippen molar-refractivity contribution in [3.63, 3.8) is 0 Å². The van der Waals surface area contributed by atoms with Crippen LogP contribution in [-0.2, 0) is 0 Å². The lowest BCUT2D eigenvalue weighted by atomic mass is 10.1. The predicted octanol–water partition coefficient (Wildman–Crippen LogP) is 2.79. The Balaban J connectivity index is 2.06. The number of nitrogens with zero attached hydrogens (tertiary/aromatic N) is 3. The first-order chi connectivity index (χ1) is 11.0. The second-order valence-electron chi connectivity index (χ2n) is 5.32. The van der Waals surface area contributed by atoms with Crippen LogP contribution >= 0.6 is 11.6 Å². The zero-order valence-corrected chi connectivity index (χ0v) is 14.3. The van der Waals surface area contributed by atoms with Crippen molar-refractivity contribution in [2.75, 3.05) is 24.5 Å². The number of allylic oxidation sites excluding steroid dienone is 2. The van der Waals surface area contributed by atoms with Crippen LogP contribution < -0.4 is 10.6 Å². The highest BCUT2D eigenvalue weighted by Crippen LogP contribution is 2.26. The molecule has 0 aliphatic carbocycles. The van der Waals surface area contributed by atoms with Crippen LogP contribution in [0.4, 0.5) is 5.69 Å². The molecule has 0 saturated heterocycles. The van der Waals surface area contributed by atoms with Gasteiger partial charge in [0.2, 0.25) is 0 Å². The number of nitrogens with two attached hydrogens (primary N) is 1. The number of anilines is 1. The van der Waals surface area contributed by atoms with Crippen LogP contribution in [0.1, 0.15) is 25.5 Å². The highest BCUT2D eigenvalue weighted by molar-refractivity contribution is 6.33. The number of aliphatic hydroxyl groups is 1. The van der Waals surface area contributed by atoms with E-state index in [1.807, 2.05) is 24.3 Å². The number of benzene rings is 1. The topological polar surface area (TPSA) is 65.1 Å². The van der Waals surface area contributed by atoms with E-state index in [2.05, 4.69) is 30.4 Å². The summed E-state index contributed by atoms with van der Waals surface area (Å²) in [6.07, 6.45) is 0.770. The average molecular weight is 335 g/mol. The van der Waals surface area contributed by atoms with Gasteiger partial charge in [-0.1, -0.05) is 30.3 Å². The lowest BCUT2D eigenvalue weighted by molar-refractivity contribution is 0.133. The molecule has 0 spiro atoms. The van der Waals surface area contributed by atoms with Crippen LogP contribution in [0, 0.1) is 0 Å². The molecule has 1 aromatic rings. The number of aliphatic hydroxyl groups excluding tert-OH is 1. The highest BCUT2D eigenvalue weighted by Gasteiger charge is 2.20. The molecule has 5 nitrogen and oxygen atoms in total. The average Bonchev–Trinajstić information content (AvgIpc) is 2.57. The van der Waals surface area contributed by atoms with E-state index in [-0.39, 0.29) is 6.54 Å². The number of β-amino-alcohol motifs (C(OH)–C–C–N with tert-alkyl or cyclic N) is 1. The van der Waals surface area contributed by atoms with Crippen LogP contribution in [0.25, 0.3) is 0 Å². The number of hydrogen-bond acceptors (Lipinski definition) is 5. The van der Waals surface area contributed by atoms with E-state index in [1.165, 1.54) is 6.21 Å². The highest BCUT2D eigenvalue weighted by atomic mass is 35.5. The maximum atomic E-state index is 10.4. The molecule has 6 heteroatoms. The normalized spacial score (nSPS) is 16.0. The van der Waals surface area contributed by atoms with Crippen molar-refractivity contribution in [2.24, 2.45) is 10.8 Å². The quantitative estimate of drug-likeness (QED) is 0.839. The third kappa shape index (κ3) is 3.86. The van der Waals surface area contributed by atoms with E-state index >= 15 is 0 Å². The van der Waals surface area contributed by atoms with Gasteiger partial charge in [-0.25, -0.2) is 0 Å². The van der Waals surface area contributed by atoms with E-state index in [1.54, 1.807) is 5.01 Å². The monoisotopic (exact) mass is 334 g/mol. The molecule has 124 valence electrons. The molecular weight excluding hydrogens is 312 g/mol. The summed E-state index contributed by atoms with van der Waals surface area (Å²) in [5, 5.41) is 16.5. The molecule has 1 aliphatic heterocycles. The lowest BCUT2D eigenvalue weighted by Gasteiger charge is -2.27. The zero-order valence-electron chi connectivity index (χ0n) is 13.5. The summed E-state index contributed by atoms with van der Waals surface area (Å²) in [5.41, 5.74) is 8.52. The minimum atomic E-state index is -0.696. The molecular formula is C17H23ClN4O. The summed E-state index contributed by atoms with van der Waals surface area (Å²) >= 11 is 6.06. The molecule has 1 aromatic carbocycles. The molecule has 3 N–H and O–H groups in total. The van der Waals surface area contributed by atoms with Crippen molar-refractivity contribution in [3.05, 3.63) is 52.8 Å². The SMILES string of the molecule is C=C1C(Cl)=C(N)C=NN1CC(O)c1ccc(N(CC)CC)cc1. The maximum Gasteiger partial charge on any atom is 0.0986 e. The first-order valence-corrected chi connectivity index (χ1v) is 8.04. The molecule has 1 unspecified atom stereocenters. The molecule has 0 bridgehead atoms. The van der Waals surface area contributed by atoms with Crippen LogP contribution in [0.5, 0.6) is 0 Å². The molecule has 0 radical (unpaired) electrons. The Bertz CT molecular complexity index is 620. The molecule has 1 aliphatic rings. The Morgan fingerprint density at radius 1 is 1.30 bits per heavy atom. The second kappa shape index (κ2) is 7.53. The maximum absolute atomic E-state index is 10.4. The Morgan fingerprint density at radius 3 is 2.48 bits per heavy atom. The van der Waals surface area contributed by atoms with Gasteiger partial charge in [0, 0.05) is 18.8 Å². The largest absolute Gasteiger partial charge is 0.396 e. The fourth-order valence-electron chi connectivity index (χ4n) is 2.46. The van der Waals surface area contributed by atoms with Gasteiger partial charge >= 0.3 is 0 Å². The Kier molecular flexibility index (Phi) is 5.69. The third-order valence-corrected chi connectivity index (χ3v) is 4.34. The van der Waals surface area contributed by atoms with Gasteiger partial charge in [-0.2, -0.15) is 5.10 Å². The van der Waals surface area contributed by atoms with Crippen molar-refractivity contribution in [1.82, 2.24) is 5.01 Å². The number of hydrogen-bond donors (Lipinski definition) is 2. The number of rotatable bonds is 6. The van der Waals surface area contributed by atoms with Crippen molar-refractivity contribution >= 4 is 23.5 Å². The van der Waals surface area contributed by atoms with E-state index in [0.29, 0.717) is 16.4 Å². The summed E-state index contributed by atoms with van der Waals surface area (Å²) in [7, 11) is 0. The lowest BCUT2D eigenvalue weighted by Crippen LogP contribution is -2.27. The van der Waals surface area contributed by atoms with Gasteiger partial charge in [0.1, 0.15) is 0 Å². The number of hydrazone groups is 1. The molecule has 23 heavy (non-hydrogen) atoms. The van der Waals surface area contributed by atoms with E-state index in [0.717, 1.165) is 24.3 Å². The van der Waals surface area contributed by atoms with Gasteiger partial charge in [-0.15, -0.1) is 0 Å². The molecule has 0 aromatic heterocycles. The molecule has 0 saturated carbocycles. The fraction of sp³-hybridized carbons (Fsp3) is 0.353. The van der Waals surface area contributed by atoms with Gasteiger partial charge in [-0.3, -0.25) is 5.01 Å². The molecule has 1 heterocycles. The molecule has 0 fully saturated rings. The Morgan fingerprint density at radius 2 is 1.91 bits per heavy atom. The number of halogens is 1. The van der Waals surface area contributed by atoms with Crippen molar-refractivity contribution in [2.45, 2.75) is 20.0 Å². The summed E-state index contributed by atoms with van der Waals surface area (Å²) in [6, 6.07) is 7.90. The molecule has 1 atom stereocenters.